The number of nitrogens with zero attached hydrogens (tertiary/aromatic N) is 2. The van der Waals surface area contributed by atoms with Crippen LogP contribution in [0.2, 0.25) is 18.1 Å². The predicted molar refractivity (Wildman–Crippen MR) is 105 cm³/mol. The summed E-state index contributed by atoms with van der Waals surface area (Å²) in [6.45, 7) is 17.6. The highest BCUT2D eigenvalue weighted by Gasteiger charge is 2.38. The smallest absolute Gasteiger partial charge is 0.250 e. The molecule has 1 heterocycles. The van der Waals surface area contributed by atoms with Gasteiger partial charge in [0, 0.05) is 11.5 Å². The Morgan fingerprint density at radius 2 is 1.54 bits per heavy atom. The molecule has 0 amide bonds. The molecule has 24 heavy (non-hydrogen) atoms. The van der Waals surface area contributed by atoms with Crippen molar-refractivity contribution in [1.82, 2.24) is 9.78 Å². The molecule has 0 aliphatic rings. The third-order valence-electron chi connectivity index (χ3n) is 4.77. The normalized spacial score (nSPS) is 13.2. The summed E-state index contributed by atoms with van der Waals surface area (Å²) in [6.07, 6.45) is 0. The summed E-state index contributed by atoms with van der Waals surface area (Å²) in [5.74, 6) is 1.56. The molecule has 0 bridgehead atoms. The maximum atomic E-state index is 6.32. The van der Waals surface area contributed by atoms with Gasteiger partial charge in [0.15, 0.2) is 0 Å². The van der Waals surface area contributed by atoms with Crippen LogP contribution >= 0.6 is 0 Å². The van der Waals surface area contributed by atoms with Gasteiger partial charge in [-0.2, -0.15) is 5.10 Å². The van der Waals surface area contributed by atoms with E-state index in [1.807, 2.05) is 30.3 Å². The molecular weight excluding hydrogens is 314 g/mol. The van der Waals surface area contributed by atoms with E-state index in [0.29, 0.717) is 5.82 Å². The number of hydrogen-bond donors (Lipinski definition) is 1. The van der Waals surface area contributed by atoms with Gasteiger partial charge in [0.1, 0.15) is 11.6 Å². The topological polar surface area (TPSA) is 53.1 Å². The van der Waals surface area contributed by atoms with Gasteiger partial charge in [0.05, 0.1) is 11.4 Å². The first-order chi connectivity index (χ1) is 10.8. The van der Waals surface area contributed by atoms with Crippen LogP contribution in [0.5, 0.6) is 5.75 Å². The monoisotopic (exact) mass is 345 g/mol. The van der Waals surface area contributed by atoms with E-state index >= 15 is 0 Å². The fourth-order valence-electron chi connectivity index (χ4n) is 2.07. The Morgan fingerprint density at radius 3 is 1.96 bits per heavy atom. The van der Waals surface area contributed by atoms with Crippen molar-refractivity contribution in [3.63, 3.8) is 0 Å². The van der Waals surface area contributed by atoms with Crippen molar-refractivity contribution in [2.45, 2.75) is 65.1 Å². The fraction of sp³-hybridized carbons (Fsp3) is 0.526. The van der Waals surface area contributed by atoms with Crippen LogP contribution < -0.4 is 10.2 Å². The van der Waals surface area contributed by atoms with Gasteiger partial charge >= 0.3 is 0 Å². The van der Waals surface area contributed by atoms with Gasteiger partial charge in [-0.25, -0.2) is 4.68 Å². The summed E-state index contributed by atoms with van der Waals surface area (Å²) in [4.78, 5) is 0. The number of nitrogens with two attached hydrogens (primary N) is 1. The molecule has 0 aliphatic heterocycles. The highest BCUT2D eigenvalue weighted by atomic mass is 28.4. The average Bonchev–Trinajstić information content (AvgIpc) is 2.80. The zero-order valence-corrected chi connectivity index (χ0v) is 17.3. The van der Waals surface area contributed by atoms with Gasteiger partial charge in [-0.1, -0.05) is 41.5 Å². The minimum absolute atomic E-state index is 0.0231. The van der Waals surface area contributed by atoms with Crippen LogP contribution in [0.25, 0.3) is 5.69 Å². The molecule has 0 aliphatic carbocycles. The zero-order chi connectivity index (χ0) is 18.3. The molecule has 0 spiro atoms. The van der Waals surface area contributed by atoms with E-state index in [2.05, 4.69) is 59.7 Å². The molecule has 0 unspecified atom stereocenters. The summed E-state index contributed by atoms with van der Waals surface area (Å²) >= 11 is 0. The molecule has 0 saturated heterocycles. The lowest BCUT2D eigenvalue weighted by atomic mass is 9.92. The number of nitrogen functional groups attached to an aromatic ring is 1. The zero-order valence-electron chi connectivity index (χ0n) is 16.3. The van der Waals surface area contributed by atoms with Crippen LogP contribution in [0.4, 0.5) is 5.82 Å². The Morgan fingerprint density at radius 1 is 1.00 bits per heavy atom. The van der Waals surface area contributed by atoms with Crippen LogP contribution in [0.15, 0.2) is 30.3 Å². The third-order valence-corrected chi connectivity index (χ3v) is 9.12. The Balaban J connectivity index is 2.26. The summed E-state index contributed by atoms with van der Waals surface area (Å²) < 4.78 is 8.11. The van der Waals surface area contributed by atoms with Gasteiger partial charge in [0.2, 0.25) is 8.32 Å². The maximum absolute atomic E-state index is 6.32. The summed E-state index contributed by atoms with van der Waals surface area (Å²) in [5, 5.41) is 4.83. The van der Waals surface area contributed by atoms with Crippen molar-refractivity contribution in [2.75, 3.05) is 5.73 Å². The van der Waals surface area contributed by atoms with E-state index in [9.17, 15) is 0 Å². The van der Waals surface area contributed by atoms with Crippen molar-refractivity contribution in [2.24, 2.45) is 0 Å². The molecular formula is C19H31N3OSi. The van der Waals surface area contributed by atoms with Crippen LogP contribution in [0.1, 0.15) is 47.2 Å². The van der Waals surface area contributed by atoms with Crippen LogP contribution in [0.3, 0.4) is 0 Å². The summed E-state index contributed by atoms with van der Waals surface area (Å²) in [7, 11) is -1.82. The van der Waals surface area contributed by atoms with Gasteiger partial charge in [-0.15, -0.1) is 0 Å². The molecule has 5 heteroatoms. The SMILES string of the molecule is CC(C)(C)c1cc(N)n(-c2ccc(O[Si](C)(C)C(C)(C)C)cc2)n1. The molecule has 0 atom stereocenters. The van der Waals surface area contributed by atoms with E-state index in [0.717, 1.165) is 17.1 Å². The third kappa shape index (κ3) is 3.83. The van der Waals surface area contributed by atoms with Crippen molar-refractivity contribution < 1.29 is 4.43 Å². The number of benzene rings is 1. The van der Waals surface area contributed by atoms with Gasteiger partial charge in [0.25, 0.3) is 0 Å². The van der Waals surface area contributed by atoms with Gasteiger partial charge < -0.3 is 10.2 Å². The van der Waals surface area contributed by atoms with Crippen LogP contribution in [-0.2, 0) is 5.41 Å². The average molecular weight is 346 g/mol. The van der Waals surface area contributed by atoms with Gasteiger partial charge in [-0.3, -0.25) is 0 Å². The molecule has 1 aromatic carbocycles. The standard InChI is InChI=1S/C19H31N3OSi/c1-18(2,3)16-13-17(20)22(21-16)14-9-11-15(12-10-14)23-24(7,8)19(4,5)6/h9-13H,20H2,1-8H3. The summed E-state index contributed by atoms with van der Waals surface area (Å²) in [5.41, 5.74) is 8.06. The fourth-order valence-corrected chi connectivity index (χ4v) is 3.10. The van der Waals surface area contributed by atoms with Crippen LogP contribution in [-0.4, -0.2) is 18.1 Å². The molecule has 0 fully saturated rings. The number of anilines is 1. The van der Waals surface area contributed by atoms with Gasteiger partial charge in [-0.05, 0) is 42.4 Å². The Bertz CT molecular complexity index is 704. The number of rotatable bonds is 3. The first-order valence-electron chi connectivity index (χ1n) is 8.47. The Kier molecular flexibility index (Phi) is 4.61. The summed E-state index contributed by atoms with van der Waals surface area (Å²) in [6, 6.07) is 9.98. The lowest BCUT2D eigenvalue weighted by Crippen LogP contribution is -2.43. The largest absolute Gasteiger partial charge is 0.544 e. The molecule has 2 rings (SSSR count). The van der Waals surface area contributed by atoms with E-state index in [1.54, 1.807) is 4.68 Å². The molecule has 2 N–H and O–H groups in total. The second-order valence-corrected chi connectivity index (χ2v) is 13.7. The lowest BCUT2D eigenvalue weighted by molar-refractivity contribution is 0.492. The van der Waals surface area contributed by atoms with E-state index in [4.69, 9.17) is 10.2 Å². The second kappa shape index (κ2) is 5.95. The quantitative estimate of drug-likeness (QED) is 0.784. The van der Waals surface area contributed by atoms with Crippen LogP contribution in [0, 0.1) is 0 Å². The van der Waals surface area contributed by atoms with Crippen molar-refractivity contribution >= 4 is 14.1 Å². The second-order valence-electron chi connectivity index (χ2n) is 8.97. The van der Waals surface area contributed by atoms with Crippen molar-refractivity contribution in [3.05, 3.63) is 36.0 Å². The molecule has 2 aromatic rings. The minimum atomic E-state index is -1.82. The van der Waals surface area contributed by atoms with E-state index in [-0.39, 0.29) is 10.5 Å². The minimum Gasteiger partial charge on any atom is -0.544 e. The highest BCUT2D eigenvalue weighted by molar-refractivity contribution is 6.74. The predicted octanol–water partition coefficient (Wildman–Crippen LogP) is 5.14. The van der Waals surface area contributed by atoms with E-state index < -0.39 is 8.32 Å². The van der Waals surface area contributed by atoms with Crippen molar-refractivity contribution in [3.8, 4) is 11.4 Å². The number of hydrogen-bond acceptors (Lipinski definition) is 3. The molecule has 1 aromatic heterocycles. The molecule has 0 radical (unpaired) electrons. The van der Waals surface area contributed by atoms with Crippen molar-refractivity contribution in [1.29, 1.82) is 0 Å². The first kappa shape index (κ1) is 18.6. The number of aromatic nitrogens is 2. The molecule has 0 saturated carbocycles. The lowest BCUT2D eigenvalue weighted by Gasteiger charge is -2.36. The maximum Gasteiger partial charge on any atom is 0.250 e. The highest BCUT2D eigenvalue weighted by Crippen LogP contribution is 2.37. The first-order valence-corrected chi connectivity index (χ1v) is 11.4. The molecule has 4 nitrogen and oxygen atoms in total. The Hall–Kier alpha value is -1.75. The van der Waals surface area contributed by atoms with E-state index in [1.165, 1.54) is 0 Å². The molecule has 132 valence electrons. The Labute approximate surface area is 147 Å².